The first kappa shape index (κ1) is 18.9. The fraction of sp³-hybridized carbons (Fsp3) is 1.00. The van der Waals surface area contributed by atoms with Gasteiger partial charge < -0.3 is 15.3 Å². The Morgan fingerprint density at radius 1 is 0.526 bits per heavy atom. The summed E-state index contributed by atoms with van der Waals surface area (Å²) in [4.78, 5) is 0. The summed E-state index contributed by atoms with van der Waals surface area (Å²) in [7, 11) is 0. The molecule has 0 saturated heterocycles. The fourth-order valence-electron chi connectivity index (χ4n) is 3.98. The van der Waals surface area contributed by atoms with Gasteiger partial charge in [-0.15, -0.1) is 0 Å². The lowest BCUT2D eigenvalue weighted by molar-refractivity contribution is 0.0198. The molecule has 0 unspecified atom stereocenters. The van der Waals surface area contributed by atoms with Gasteiger partial charge in [0.1, 0.15) is 0 Å². The molecular formula is C16H34O3. The van der Waals surface area contributed by atoms with E-state index in [9.17, 15) is 0 Å². The van der Waals surface area contributed by atoms with Gasteiger partial charge in [-0.3, -0.25) is 0 Å². The lowest BCUT2D eigenvalue weighted by Gasteiger charge is -2.49. The lowest BCUT2D eigenvalue weighted by atomic mass is 9.56. The molecule has 0 atom stereocenters. The fourth-order valence-corrected chi connectivity index (χ4v) is 3.98. The van der Waals surface area contributed by atoms with Crippen LogP contribution < -0.4 is 0 Å². The van der Waals surface area contributed by atoms with Crippen molar-refractivity contribution in [2.24, 2.45) is 23.7 Å². The Bertz CT molecular complexity index is 133. The molecule has 4 bridgehead atoms. The van der Waals surface area contributed by atoms with Crippen LogP contribution in [0.25, 0.3) is 0 Å². The van der Waals surface area contributed by atoms with E-state index in [0.29, 0.717) is 0 Å². The van der Waals surface area contributed by atoms with Crippen molar-refractivity contribution in [1.29, 1.82) is 0 Å². The molecule has 3 nitrogen and oxygen atoms in total. The molecule has 0 aromatic carbocycles. The zero-order valence-corrected chi connectivity index (χ0v) is 13.0. The molecular weight excluding hydrogens is 240 g/mol. The molecule has 4 aliphatic carbocycles. The van der Waals surface area contributed by atoms with Crippen LogP contribution in [0.15, 0.2) is 0 Å². The van der Waals surface area contributed by atoms with E-state index in [0.717, 1.165) is 0 Å². The van der Waals surface area contributed by atoms with Crippen LogP contribution in [0.3, 0.4) is 0 Å². The van der Waals surface area contributed by atoms with E-state index in [1.165, 1.54) is 23.7 Å². The second-order valence-corrected chi connectivity index (χ2v) is 5.83. The number of aliphatic hydroxyl groups excluding tert-OH is 3. The predicted molar refractivity (Wildman–Crippen MR) is 79.9 cm³/mol. The zero-order valence-electron chi connectivity index (χ0n) is 13.0. The van der Waals surface area contributed by atoms with Gasteiger partial charge in [-0.05, 0) is 83.0 Å². The molecule has 0 heterocycles. The molecule has 0 aromatic heterocycles. The minimum Gasteiger partial charge on any atom is -0.397 e. The molecule has 0 amide bonds. The van der Waals surface area contributed by atoms with Crippen molar-refractivity contribution in [3.63, 3.8) is 0 Å². The van der Waals surface area contributed by atoms with E-state index in [2.05, 4.69) is 0 Å². The summed E-state index contributed by atoms with van der Waals surface area (Å²) >= 11 is 0. The first-order valence-electron chi connectivity index (χ1n) is 7.97. The molecule has 4 rings (SSSR count). The molecule has 19 heavy (non-hydrogen) atoms. The van der Waals surface area contributed by atoms with Crippen molar-refractivity contribution in [2.45, 2.75) is 59.3 Å². The Kier molecular flexibility index (Phi) is 11.6. The minimum absolute atomic E-state index is 0.250. The van der Waals surface area contributed by atoms with Crippen molar-refractivity contribution in [2.75, 3.05) is 19.8 Å². The van der Waals surface area contributed by atoms with Gasteiger partial charge in [0.05, 0.1) is 0 Å². The molecule has 3 N–H and O–H groups in total. The van der Waals surface area contributed by atoms with Gasteiger partial charge in [0, 0.05) is 19.8 Å². The zero-order chi connectivity index (χ0) is 14.7. The van der Waals surface area contributed by atoms with Gasteiger partial charge in [-0.25, -0.2) is 0 Å². The Morgan fingerprint density at radius 3 is 0.737 bits per heavy atom. The quantitative estimate of drug-likeness (QED) is 0.636. The molecule has 0 aliphatic heterocycles. The molecule has 4 fully saturated rings. The van der Waals surface area contributed by atoms with Gasteiger partial charge in [0.25, 0.3) is 0 Å². The van der Waals surface area contributed by atoms with Crippen LogP contribution in [0.4, 0.5) is 0 Å². The summed E-state index contributed by atoms with van der Waals surface area (Å²) in [6, 6.07) is 0. The van der Waals surface area contributed by atoms with E-state index in [-0.39, 0.29) is 19.8 Å². The third kappa shape index (κ3) is 7.91. The largest absolute Gasteiger partial charge is 0.397 e. The number of hydrogen-bond donors (Lipinski definition) is 3. The molecule has 4 aliphatic rings. The summed E-state index contributed by atoms with van der Waals surface area (Å²) in [6.07, 6.45) is 9.62. The Hall–Kier alpha value is -0.120. The highest BCUT2D eigenvalue weighted by Gasteiger charge is 2.41. The number of hydrogen-bond acceptors (Lipinski definition) is 3. The van der Waals surface area contributed by atoms with E-state index < -0.39 is 0 Å². The number of rotatable bonds is 0. The lowest BCUT2D eigenvalue weighted by Crippen LogP contribution is -2.38. The van der Waals surface area contributed by atoms with Crippen LogP contribution in [0.2, 0.25) is 0 Å². The average Bonchev–Trinajstić information content (AvgIpc) is 2.29. The second-order valence-electron chi connectivity index (χ2n) is 5.83. The smallest absolute Gasteiger partial charge is 0.0402 e. The normalized spacial score (nSPS) is 33.2. The molecule has 0 aromatic rings. The monoisotopic (exact) mass is 274 g/mol. The van der Waals surface area contributed by atoms with E-state index >= 15 is 0 Å². The third-order valence-corrected chi connectivity index (χ3v) is 4.00. The van der Waals surface area contributed by atoms with Crippen LogP contribution in [-0.4, -0.2) is 35.1 Å². The van der Waals surface area contributed by atoms with Gasteiger partial charge in [0.2, 0.25) is 0 Å². The van der Waals surface area contributed by atoms with E-state index in [1.54, 1.807) is 59.3 Å². The van der Waals surface area contributed by atoms with E-state index in [4.69, 9.17) is 15.3 Å². The highest BCUT2D eigenvalue weighted by atomic mass is 16.3. The van der Waals surface area contributed by atoms with E-state index in [1.807, 2.05) is 0 Å². The van der Waals surface area contributed by atoms with Crippen LogP contribution in [0.5, 0.6) is 0 Å². The third-order valence-electron chi connectivity index (χ3n) is 4.00. The Labute approximate surface area is 119 Å². The maximum Gasteiger partial charge on any atom is 0.0402 e. The first-order valence-corrected chi connectivity index (χ1v) is 7.97. The highest BCUT2D eigenvalue weighted by molar-refractivity contribution is 4.92. The van der Waals surface area contributed by atoms with Crippen molar-refractivity contribution < 1.29 is 15.3 Å². The summed E-state index contributed by atoms with van der Waals surface area (Å²) in [6.45, 7) is 5.79. The predicted octanol–water partition coefficient (Wildman–Crippen LogP) is 2.83. The summed E-state index contributed by atoms with van der Waals surface area (Å²) < 4.78 is 0. The number of aliphatic hydroxyl groups is 3. The van der Waals surface area contributed by atoms with Gasteiger partial charge in [0.15, 0.2) is 0 Å². The Balaban J connectivity index is 0.000000307. The highest BCUT2D eigenvalue weighted by Crippen LogP contribution is 2.53. The van der Waals surface area contributed by atoms with Crippen molar-refractivity contribution in [1.82, 2.24) is 0 Å². The second kappa shape index (κ2) is 11.7. The molecule has 116 valence electrons. The molecule has 0 radical (unpaired) electrons. The van der Waals surface area contributed by atoms with Crippen LogP contribution in [0, 0.1) is 23.7 Å². The standard InChI is InChI=1S/C10H16.3C2H6O/c1-7-2-9-4-8(1)5-10(3-7)6-9;3*1-2-3/h7-10H,1-6H2;3*3H,2H2,1H3. The van der Waals surface area contributed by atoms with Crippen molar-refractivity contribution >= 4 is 0 Å². The molecule has 3 heteroatoms. The summed E-state index contributed by atoms with van der Waals surface area (Å²) in [5, 5.41) is 22.7. The van der Waals surface area contributed by atoms with Gasteiger partial charge in [-0.2, -0.15) is 0 Å². The maximum absolute atomic E-state index is 7.57. The minimum atomic E-state index is 0.250. The van der Waals surface area contributed by atoms with Crippen LogP contribution in [0.1, 0.15) is 59.3 Å². The van der Waals surface area contributed by atoms with Crippen molar-refractivity contribution in [3.05, 3.63) is 0 Å². The van der Waals surface area contributed by atoms with Gasteiger partial charge in [-0.1, -0.05) is 0 Å². The average molecular weight is 274 g/mol. The SMILES string of the molecule is C1C2CC3CC1CC(C2)C3.CCO.CCO.CCO. The Morgan fingerprint density at radius 2 is 0.632 bits per heavy atom. The first-order chi connectivity index (χ1) is 9.14. The van der Waals surface area contributed by atoms with Crippen molar-refractivity contribution in [3.8, 4) is 0 Å². The summed E-state index contributed by atoms with van der Waals surface area (Å²) in [5.41, 5.74) is 0. The topological polar surface area (TPSA) is 60.7 Å². The van der Waals surface area contributed by atoms with Crippen LogP contribution >= 0.6 is 0 Å². The molecule has 0 spiro atoms. The van der Waals surface area contributed by atoms with Crippen LogP contribution in [-0.2, 0) is 0 Å². The summed E-state index contributed by atoms with van der Waals surface area (Å²) in [5.74, 6) is 4.71. The van der Waals surface area contributed by atoms with Gasteiger partial charge >= 0.3 is 0 Å². The maximum atomic E-state index is 7.57. The molecule has 4 saturated carbocycles.